The van der Waals surface area contributed by atoms with Gasteiger partial charge in [-0.05, 0) is 23.8 Å². The van der Waals surface area contributed by atoms with E-state index in [2.05, 4.69) is 20.4 Å². The lowest BCUT2D eigenvalue weighted by molar-refractivity contribution is 0.0925. The van der Waals surface area contributed by atoms with Gasteiger partial charge < -0.3 is 10.4 Å². The molecule has 0 atom stereocenters. The average Bonchev–Trinajstić information content (AvgIpc) is 2.97. The average molecular weight is 307 g/mol. The second-order valence-electron chi connectivity index (χ2n) is 5.19. The lowest BCUT2D eigenvalue weighted by Gasteiger charge is -2.15. The van der Waals surface area contributed by atoms with Gasteiger partial charge in [-0.25, -0.2) is 9.97 Å². The van der Waals surface area contributed by atoms with Crippen molar-refractivity contribution in [2.45, 2.75) is 6.54 Å². The Kier molecular flexibility index (Phi) is 3.04. The highest BCUT2D eigenvalue weighted by molar-refractivity contribution is 6.03. The molecular formula is C16H13N5O2. The van der Waals surface area contributed by atoms with Crippen molar-refractivity contribution in [3.05, 3.63) is 48.5 Å². The first-order valence-corrected chi connectivity index (χ1v) is 7.19. The van der Waals surface area contributed by atoms with E-state index in [1.807, 2.05) is 0 Å². The first-order valence-electron chi connectivity index (χ1n) is 7.19. The molecule has 0 saturated heterocycles. The fourth-order valence-electron chi connectivity index (χ4n) is 2.73. The van der Waals surface area contributed by atoms with Crippen molar-refractivity contribution >= 4 is 5.91 Å². The maximum atomic E-state index is 12.3. The second kappa shape index (κ2) is 5.20. The van der Waals surface area contributed by atoms with Crippen LogP contribution in [-0.2, 0) is 6.54 Å². The zero-order valence-corrected chi connectivity index (χ0v) is 12.1. The van der Waals surface area contributed by atoms with Crippen LogP contribution in [0.25, 0.3) is 22.5 Å². The predicted molar refractivity (Wildman–Crippen MR) is 82.7 cm³/mol. The van der Waals surface area contributed by atoms with E-state index in [1.165, 1.54) is 6.33 Å². The van der Waals surface area contributed by atoms with Crippen molar-refractivity contribution < 1.29 is 9.90 Å². The van der Waals surface area contributed by atoms with Crippen molar-refractivity contribution in [1.29, 1.82) is 0 Å². The van der Waals surface area contributed by atoms with Crippen molar-refractivity contribution in [2.24, 2.45) is 0 Å². The standard InChI is InChI=1S/C16H13N5O2/c22-11-3-1-10(2-4-11)13-14(12-5-6-17-9-19-12)20-21-8-7-18-16(23)15(13)21/h1-6,9,22H,7-8H2,(H,18,23). The third-order valence-electron chi connectivity index (χ3n) is 3.76. The minimum Gasteiger partial charge on any atom is -0.508 e. The van der Waals surface area contributed by atoms with Crippen LogP contribution in [0.2, 0.25) is 0 Å². The summed E-state index contributed by atoms with van der Waals surface area (Å²) in [6, 6.07) is 8.46. The van der Waals surface area contributed by atoms with E-state index in [0.717, 1.165) is 5.56 Å². The molecule has 0 fully saturated rings. The van der Waals surface area contributed by atoms with Gasteiger partial charge in [0.2, 0.25) is 0 Å². The van der Waals surface area contributed by atoms with Gasteiger partial charge in [-0.2, -0.15) is 5.10 Å². The molecule has 2 aromatic heterocycles. The van der Waals surface area contributed by atoms with E-state index in [0.29, 0.717) is 35.7 Å². The normalized spacial score (nSPS) is 13.5. The number of hydrogen-bond acceptors (Lipinski definition) is 5. The van der Waals surface area contributed by atoms with Gasteiger partial charge in [-0.3, -0.25) is 9.48 Å². The van der Waals surface area contributed by atoms with E-state index < -0.39 is 0 Å². The molecule has 7 nitrogen and oxygen atoms in total. The van der Waals surface area contributed by atoms with Crippen LogP contribution in [0.5, 0.6) is 5.75 Å². The topological polar surface area (TPSA) is 92.9 Å². The summed E-state index contributed by atoms with van der Waals surface area (Å²) in [5, 5.41) is 16.9. The largest absolute Gasteiger partial charge is 0.508 e. The number of rotatable bonds is 2. The number of phenols is 1. The Hall–Kier alpha value is -3.22. The molecule has 0 radical (unpaired) electrons. The lowest BCUT2D eigenvalue weighted by atomic mass is 10.00. The fourth-order valence-corrected chi connectivity index (χ4v) is 2.73. The maximum absolute atomic E-state index is 12.3. The summed E-state index contributed by atoms with van der Waals surface area (Å²) in [6.07, 6.45) is 3.09. The molecule has 3 aromatic rings. The molecule has 0 unspecified atom stereocenters. The molecule has 4 rings (SSSR count). The highest BCUT2D eigenvalue weighted by atomic mass is 16.3. The molecule has 0 aliphatic carbocycles. The fraction of sp³-hybridized carbons (Fsp3) is 0.125. The van der Waals surface area contributed by atoms with E-state index in [9.17, 15) is 9.90 Å². The zero-order chi connectivity index (χ0) is 15.8. The Morgan fingerprint density at radius 2 is 2.00 bits per heavy atom. The zero-order valence-electron chi connectivity index (χ0n) is 12.1. The molecule has 1 aliphatic heterocycles. The Labute approximate surface area is 131 Å². The van der Waals surface area contributed by atoms with Crippen LogP contribution in [-0.4, -0.2) is 37.3 Å². The van der Waals surface area contributed by atoms with Crippen LogP contribution < -0.4 is 5.32 Å². The quantitative estimate of drug-likeness (QED) is 0.747. The van der Waals surface area contributed by atoms with E-state index >= 15 is 0 Å². The van der Waals surface area contributed by atoms with E-state index in [-0.39, 0.29) is 11.7 Å². The summed E-state index contributed by atoms with van der Waals surface area (Å²) < 4.78 is 1.71. The Morgan fingerprint density at radius 1 is 1.17 bits per heavy atom. The first kappa shape index (κ1) is 13.4. The molecule has 2 N–H and O–H groups in total. The number of phenolic OH excluding ortho intramolecular Hbond substituents is 1. The Balaban J connectivity index is 1.99. The van der Waals surface area contributed by atoms with E-state index in [4.69, 9.17) is 0 Å². The molecule has 0 bridgehead atoms. The van der Waals surface area contributed by atoms with Gasteiger partial charge in [0.1, 0.15) is 23.5 Å². The number of carbonyl (C=O) groups excluding carboxylic acids is 1. The van der Waals surface area contributed by atoms with Crippen molar-refractivity contribution in [3.8, 4) is 28.3 Å². The van der Waals surface area contributed by atoms with Crippen LogP contribution in [0, 0.1) is 0 Å². The number of hydrogen-bond donors (Lipinski definition) is 2. The maximum Gasteiger partial charge on any atom is 0.270 e. The highest BCUT2D eigenvalue weighted by Gasteiger charge is 2.28. The summed E-state index contributed by atoms with van der Waals surface area (Å²) in [4.78, 5) is 20.5. The smallest absolute Gasteiger partial charge is 0.270 e. The molecule has 114 valence electrons. The number of carbonyl (C=O) groups is 1. The van der Waals surface area contributed by atoms with Gasteiger partial charge in [0.15, 0.2) is 0 Å². The van der Waals surface area contributed by atoms with E-state index in [1.54, 1.807) is 41.2 Å². The number of aromatic nitrogens is 4. The molecule has 23 heavy (non-hydrogen) atoms. The molecule has 7 heteroatoms. The van der Waals surface area contributed by atoms with Gasteiger partial charge in [0.05, 0.1) is 12.2 Å². The molecule has 1 amide bonds. The molecule has 1 aromatic carbocycles. The minimum absolute atomic E-state index is 0.160. The summed E-state index contributed by atoms with van der Waals surface area (Å²) >= 11 is 0. The Bertz CT molecular complexity index is 871. The molecule has 0 spiro atoms. The van der Waals surface area contributed by atoms with Crippen LogP contribution >= 0.6 is 0 Å². The van der Waals surface area contributed by atoms with Crippen LogP contribution in [0.15, 0.2) is 42.9 Å². The number of nitrogens with one attached hydrogen (secondary N) is 1. The lowest BCUT2D eigenvalue weighted by Crippen LogP contribution is -2.35. The number of nitrogens with zero attached hydrogens (tertiary/aromatic N) is 4. The van der Waals surface area contributed by atoms with Crippen molar-refractivity contribution in [2.75, 3.05) is 6.54 Å². The number of amides is 1. The monoisotopic (exact) mass is 307 g/mol. The molecule has 0 saturated carbocycles. The highest BCUT2D eigenvalue weighted by Crippen LogP contribution is 2.35. The SMILES string of the molecule is O=C1NCCn2nc(-c3ccncn3)c(-c3ccc(O)cc3)c21. The molecule has 1 aliphatic rings. The number of aromatic hydroxyl groups is 1. The molecule has 3 heterocycles. The first-order chi connectivity index (χ1) is 11.2. The van der Waals surface area contributed by atoms with Gasteiger partial charge in [0, 0.05) is 18.3 Å². The third kappa shape index (κ3) is 2.22. The summed E-state index contributed by atoms with van der Waals surface area (Å²) in [7, 11) is 0. The number of benzene rings is 1. The van der Waals surface area contributed by atoms with Crippen molar-refractivity contribution in [1.82, 2.24) is 25.1 Å². The van der Waals surface area contributed by atoms with Crippen molar-refractivity contribution in [3.63, 3.8) is 0 Å². The van der Waals surface area contributed by atoms with Crippen LogP contribution in [0.4, 0.5) is 0 Å². The molecular weight excluding hydrogens is 294 g/mol. The van der Waals surface area contributed by atoms with Gasteiger partial charge >= 0.3 is 0 Å². The summed E-state index contributed by atoms with van der Waals surface area (Å²) in [6.45, 7) is 1.16. The van der Waals surface area contributed by atoms with Crippen LogP contribution in [0.1, 0.15) is 10.5 Å². The van der Waals surface area contributed by atoms with Gasteiger partial charge in [-0.15, -0.1) is 0 Å². The van der Waals surface area contributed by atoms with Gasteiger partial charge in [0.25, 0.3) is 5.91 Å². The number of fused-ring (bicyclic) bond motifs is 1. The summed E-state index contributed by atoms with van der Waals surface area (Å²) in [5.41, 5.74) is 3.30. The van der Waals surface area contributed by atoms with Gasteiger partial charge in [-0.1, -0.05) is 12.1 Å². The van der Waals surface area contributed by atoms with Crippen LogP contribution in [0.3, 0.4) is 0 Å². The third-order valence-corrected chi connectivity index (χ3v) is 3.76. The Morgan fingerprint density at radius 3 is 2.74 bits per heavy atom. The summed E-state index contributed by atoms with van der Waals surface area (Å²) in [5.74, 6) is 0.00922. The minimum atomic E-state index is -0.160. The predicted octanol–water partition coefficient (Wildman–Crippen LogP) is 1.46. The second-order valence-corrected chi connectivity index (χ2v) is 5.19.